The summed E-state index contributed by atoms with van der Waals surface area (Å²) < 4.78 is 5.56. The second-order valence-corrected chi connectivity index (χ2v) is 6.02. The number of ether oxygens (including phenoxy) is 1. The molecular formula is C20H15N3O4. The highest BCUT2D eigenvalue weighted by atomic mass is 16.6. The molecule has 0 bridgehead atoms. The number of benzene rings is 3. The van der Waals surface area contributed by atoms with Crippen molar-refractivity contribution in [2.24, 2.45) is 0 Å². The summed E-state index contributed by atoms with van der Waals surface area (Å²) in [6, 6.07) is 19.4. The highest BCUT2D eigenvalue weighted by Crippen LogP contribution is 2.28. The number of rotatable bonds is 5. The Balaban J connectivity index is 1.45. The molecule has 4 aromatic rings. The fourth-order valence-electron chi connectivity index (χ4n) is 2.97. The molecule has 0 aliphatic rings. The predicted octanol–water partition coefficient (Wildman–Crippen LogP) is 4.25. The number of carbonyl (C=O) groups excluding carboxylic acids is 1. The largest absolute Gasteiger partial charge is 0.484 e. The summed E-state index contributed by atoms with van der Waals surface area (Å²) in [7, 11) is 0. The third-order valence-corrected chi connectivity index (χ3v) is 4.19. The Bertz CT molecular complexity index is 1170. The van der Waals surface area contributed by atoms with Gasteiger partial charge in [-0.05, 0) is 24.3 Å². The molecule has 4 rings (SSSR count). The molecule has 0 radical (unpaired) electrons. The third kappa shape index (κ3) is 3.43. The van der Waals surface area contributed by atoms with Crippen molar-refractivity contribution in [2.45, 2.75) is 0 Å². The SMILES string of the molecule is O=C(COc1ccc2c(c1)[nH]c1ccccc12)Nc1cccc([N+](=O)[O-])c1. The first-order chi connectivity index (χ1) is 13.1. The van der Waals surface area contributed by atoms with Crippen LogP contribution in [0.15, 0.2) is 66.7 Å². The highest BCUT2D eigenvalue weighted by molar-refractivity contribution is 6.07. The number of nitrogens with zero attached hydrogens (tertiary/aromatic N) is 1. The topological polar surface area (TPSA) is 97.3 Å². The van der Waals surface area contributed by atoms with Crippen LogP contribution in [0.5, 0.6) is 5.75 Å². The average molecular weight is 361 g/mol. The summed E-state index contributed by atoms with van der Waals surface area (Å²) in [6.07, 6.45) is 0. The van der Waals surface area contributed by atoms with E-state index in [-0.39, 0.29) is 12.3 Å². The predicted molar refractivity (Wildman–Crippen MR) is 103 cm³/mol. The first-order valence-corrected chi connectivity index (χ1v) is 8.28. The van der Waals surface area contributed by atoms with Crippen molar-refractivity contribution in [1.82, 2.24) is 4.98 Å². The second kappa shape index (κ2) is 6.80. The van der Waals surface area contributed by atoms with Gasteiger partial charge in [0.05, 0.1) is 10.4 Å². The van der Waals surface area contributed by atoms with Crippen LogP contribution in [0.25, 0.3) is 21.8 Å². The Hall–Kier alpha value is -3.87. The van der Waals surface area contributed by atoms with Crippen LogP contribution in [-0.2, 0) is 4.79 Å². The molecule has 0 fully saturated rings. The van der Waals surface area contributed by atoms with Gasteiger partial charge in [-0.2, -0.15) is 0 Å². The molecule has 7 nitrogen and oxygen atoms in total. The molecule has 1 heterocycles. The van der Waals surface area contributed by atoms with Gasteiger partial charge in [0.25, 0.3) is 11.6 Å². The molecule has 0 unspecified atom stereocenters. The third-order valence-electron chi connectivity index (χ3n) is 4.19. The van der Waals surface area contributed by atoms with Crippen LogP contribution >= 0.6 is 0 Å². The van der Waals surface area contributed by atoms with Crippen LogP contribution in [0.1, 0.15) is 0 Å². The molecule has 134 valence electrons. The van der Waals surface area contributed by atoms with Gasteiger partial charge in [-0.15, -0.1) is 0 Å². The maximum Gasteiger partial charge on any atom is 0.271 e. The van der Waals surface area contributed by atoms with Gasteiger partial charge in [0.1, 0.15) is 5.75 Å². The number of non-ortho nitro benzene ring substituents is 1. The number of amides is 1. The number of carbonyl (C=O) groups is 1. The van der Waals surface area contributed by atoms with E-state index >= 15 is 0 Å². The van der Waals surface area contributed by atoms with E-state index in [1.54, 1.807) is 6.07 Å². The van der Waals surface area contributed by atoms with Crippen LogP contribution < -0.4 is 10.1 Å². The van der Waals surface area contributed by atoms with Gasteiger partial charge < -0.3 is 15.0 Å². The van der Waals surface area contributed by atoms with E-state index in [1.807, 2.05) is 42.5 Å². The molecule has 0 atom stereocenters. The van der Waals surface area contributed by atoms with Crippen molar-refractivity contribution in [3.05, 3.63) is 76.8 Å². The molecule has 1 aromatic heterocycles. The molecule has 2 N–H and O–H groups in total. The van der Waals surface area contributed by atoms with E-state index in [1.165, 1.54) is 18.2 Å². The van der Waals surface area contributed by atoms with Crippen molar-refractivity contribution in [1.29, 1.82) is 0 Å². The van der Waals surface area contributed by atoms with E-state index in [0.717, 1.165) is 21.8 Å². The van der Waals surface area contributed by atoms with Crippen LogP contribution in [-0.4, -0.2) is 22.4 Å². The van der Waals surface area contributed by atoms with Gasteiger partial charge in [-0.3, -0.25) is 14.9 Å². The molecule has 27 heavy (non-hydrogen) atoms. The van der Waals surface area contributed by atoms with Crippen LogP contribution in [0.3, 0.4) is 0 Å². The number of nitrogens with one attached hydrogen (secondary N) is 2. The first kappa shape index (κ1) is 16.6. The van der Waals surface area contributed by atoms with Crippen molar-refractivity contribution in [3.8, 4) is 5.75 Å². The molecule has 0 aliphatic heterocycles. The molecule has 0 aliphatic carbocycles. The van der Waals surface area contributed by atoms with Gasteiger partial charge >= 0.3 is 0 Å². The Kier molecular flexibility index (Phi) is 4.18. The lowest BCUT2D eigenvalue weighted by molar-refractivity contribution is -0.384. The quantitative estimate of drug-likeness (QED) is 0.410. The zero-order valence-electron chi connectivity index (χ0n) is 14.1. The summed E-state index contributed by atoms with van der Waals surface area (Å²) in [4.78, 5) is 25.7. The highest BCUT2D eigenvalue weighted by Gasteiger charge is 2.10. The van der Waals surface area contributed by atoms with Crippen molar-refractivity contribution in [3.63, 3.8) is 0 Å². The molecular weight excluding hydrogens is 346 g/mol. The molecule has 0 spiro atoms. The maximum atomic E-state index is 12.1. The molecule has 0 saturated heterocycles. The summed E-state index contributed by atoms with van der Waals surface area (Å²) >= 11 is 0. The van der Waals surface area contributed by atoms with E-state index in [9.17, 15) is 14.9 Å². The van der Waals surface area contributed by atoms with Gasteiger partial charge in [0.2, 0.25) is 0 Å². The normalized spacial score (nSPS) is 10.8. The zero-order valence-corrected chi connectivity index (χ0v) is 14.1. The molecule has 1 amide bonds. The minimum absolute atomic E-state index is 0.0852. The Morgan fingerprint density at radius 3 is 2.67 bits per heavy atom. The summed E-state index contributed by atoms with van der Waals surface area (Å²) in [5.74, 6) is 0.162. The number of aromatic nitrogens is 1. The lowest BCUT2D eigenvalue weighted by Crippen LogP contribution is -2.20. The lowest BCUT2D eigenvalue weighted by atomic mass is 10.1. The van der Waals surface area contributed by atoms with Crippen LogP contribution in [0, 0.1) is 10.1 Å². The standard InChI is InChI=1S/C20H15N3O4/c24-20(21-13-4-3-5-14(10-13)23(25)26)12-27-15-8-9-17-16-6-1-2-7-18(16)22-19(17)11-15/h1-11,22H,12H2,(H,21,24). The van der Waals surface area contributed by atoms with E-state index < -0.39 is 10.8 Å². The van der Waals surface area contributed by atoms with Crippen molar-refractivity contribution in [2.75, 3.05) is 11.9 Å². The fraction of sp³-hybridized carbons (Fsp3) is 0.0500. The fourth-order valence-corrected chi connectivity index (χ4v) is 2.97. The van der Waals surface area contributed by atoms with E-state index in [2.05, 4.69) is 10.3 Å². The molecule has 7 heteroatoms. The minimum atomic E-state index is -0.512. The Morgan fingerprint density at radius 1 is 1.00 bits per heavy atom. The molecule has 0 saturated carbocycles. The van der Waals surface area contributed by atoms with Crippen molar-refractivity contribution >= 4 is 39.1 Å². The van der Waals surface area contributed by atoms with Gasteiger partial charge in [0, 0.05) is 40.2 Å². The summed E-state index contributed by atoms with van der Waals surface area (Å²) in [5.41, 5.74) is 2.22. The Morgan fingerprint density at radius 2 is 1.81 bits per heavy atom. The number of para-hydroxylation sites is 1. The number of aromatic amines is 1. The average Bonchev–Trinajstić information content (AvgIpc) is 3.04. The Labute approximate surface area is 153 Å². The van der Waals surface area contributed by atoms with E-state index in [0.29, 0.717) is 11.4 Å². The zero-order chi connectivity index (χ0) is 18.8. The number of fused-ring (bicyclic) bond motifs is 3. The van der Waals surface area contributed by atoms with Gasteiger partial charge in [-0.25, -0.2) is 0 Å². The van der Waals surface area contributed by atoms with Crippen molar-refractivity contribution < 1.29 is 14.5 Å². The maximum absolute atomic E-state index is 12.1. The van der Waals surface area contributed by atoms with E-state index in [4.69, 9.17) is 4.74 Å². The monoisotopic (exact) mass is 361 g/mol. The summed E-state index contributed by atoms with van der Waals surface area (Å²) in [6.45, 7) is -0.200. The van der Waals surface area contributed by atoms with Crippen LogP contribution in [0.2, 0.25) is 0 Å². The lowest BCUT2D eigenvalue weighted by Gasteiger charge is -2.07. The first-order valence-electron chi connectivity index (χ1n) is 8.28. The minimum Gasteiger partial charge on any atom is -0.484 e. The van der Waals surface area contributed by atoms with Crippen LogP contribution in [0.4, 0.5) is 11.4 Å². The smallest absolute Gasteiger partial charge is 0.271 e. The number of anilines is 1. The number of nitro groups is 1. The number of nitro benzene ring substituents is 1. The number of hydrogen-bond acceptors (Lipinski definition) is 4. The summed E-state index contributed by atoms with van der Waals surface area (Å²) in [5, 5.41) is 15.6. The number of H-pyrrole nitrogens is 1. The van der Waals surface area contributed by atoms with Gasteiger partial charge in [0.15, 0.2) is 6.61 Å². The second-order valence-electron chi connectivity index (χ2n) is 6.02. The van der Waals surface area contributed by atoms with Gasteiger partial charge in [-0.1, -0.05) is 24.3 Å². The molecule has 3 aromatic carbocycles. The number of hydrogen-bond donors (Lipinski definition) is 2.